The monoisotopic (exact) mass is 327 g/mol. The van der Waals surface area contributed by atoms with Crippen LogP contribution in [-0.4, -0.2) is 22.3 Å². The number of nitrogens with zero attached hydrogens (tertiary/aromatic N) is 1. The third kappa shape index (κ3) is 2.27. The van der Waals surface area contributed by atoms with Gasteiger partial charge < -0.3 is 9.84 Å². The van der Waals surface area contributed by atoms with Crippen LogP contribution < -0.4 is 4.74 Å². The Kier molecular flexibility index (Phi) is 3.30. The molecule has 2 aromatic heterocycles. The van der Waals surface area contributed by atoms with Crippen LogP contribution in [0.4, 0.5) is 0 Å². The molecule has 1 aliphatic rings. The lowest BCUT2D eigenvalue weighted by Crippen LogP contribution is -2.38. The summed E-state index contributed by atoms with van der Waals surface area (Å²) < 4.78 is 7.87. The van der Waals surface area contributed by atoms with Gasteiger partial charge >= 0.3 is 0 Å². The number of thiophene rings is 1. The fraction of sp³-hybridized carbons (Fsp3) is 0.462. The fourth-order valence-electron chi connectivity index (χ4n) is 2.19. The minimum atomic E-state index is -0.483. The van der Waals surface area contributed by atoms with E-state index in [9.17, 15) is 5.11 Å². The molecule has 96 valence electrons. The summed E-state index contributed by atoms with van der Waals surface area (Å²) in [4.78, 5) is 4.30. The predicted octanol–water partition coefficient (Wildman–Crippen LogP) is 3.74. The van der Waals surface area contributed by atoms with Gasteiger partial charge in [-0.2, -0.15) is 0 Å². The number of pyridine rings is 1. The summed E-state index contributed by atoms with van der Waals surface area (Å²) in [7, 11) is 0. The van der Waals surface area contributed by atoms with Crippen molar-refractivity contribution < 1.29 is 9.84 Å². The number of hydrogen-bond donors (Lipinski definition) is 1. The average molecular weight is 328 g/mol. The van der Waals surface area contributed by atoms with Crippen LogP contribution in [0.1, 0.15) is 25.7 Å². The minimum Gasteiger partial charge on any atom is -0.477 e. The molecule has 1 aliphatic carbocycles. The quantitative estimate of drug-likeness (QED) is 0.930. The topological polar surface area (TPSA) is 42.4 Å². The van der Waals surface area contributed by atoms with Crippen LogP contribution in [0, 0.1) is 0 Å². The van der Waals surface area contributed by atoms with Crippen molar-refractivity contribution in [2.75, 3.05) is 6.61 Å². The zero-order valence-electron chi connectivity index (χ0n) is 9.86. The van der Waals surface area contributed by atoms with E-state index in [-0.39, 0.29) is 0 Å². The van der Waals surface area contributed by atoms with Gasteiger partial charge in [-0.3, -0.25) is 0 Å². The second kappa shape index (κ2) is 4.79. The third-order valence-corrected chi connectivity index (χ3v) is 5.31. The minimum absolute atomic E-state index is 0.483. The zero-order chi connectivity index (χ0) is 12.6. The molecule has 0 aromatic carbocycles. The van der Waals surface area contributed by atoms with Gasteiger partial charge in [0.15, 0.2) is 0 Å². The largest absolute Gasteiger partial charge is 0.477 e. The van der Waals surface area contributed by atoms with Gasteiger partial charge in [0.2, 0.25) is 5.88 Å². The van der Waals surface area contributed by atoms with Gasteiger partial charge in [-0.1, -0.05) is 0 Å². The highest BCUT2D eigenvalue weighted by Crippen LogP contribution is 2.36. The fourth-order valence-corrected chi connectivity index (χ4v) is 3.58. The first-order valence-corrected chi connectivity index (χ1v) is 7.72. The number of hydrogen-bond acceptors (Lipinski definition) is 4. The molecule has 0 bridgehead atoms. The number of fused-ring (bicyclic) bond motifs is 1. The van der Waals surface area contributed by atoms with Crippen molar-refractivity contribution in [3.63, 3.8) is 0 Å². The first-order valence-electron chi connectivity index (χ1n) is 6.05. The van der Waals surface area contributed by atoms with Crippen LogP contribution in [-0.2, 0) is 0 Å². The number of aromatic nitrogens is 1. The summed E-state index contributed by atoms with van der Waals surface area (Å²) in [5, 5.41) is 13.1. The van der Waals surface area contributed by atoms with Gasteiger partial charge in [0.1, 0.15) is 0 Å². The average Bonchev–Trinajstić information content (AvgIpc) is 2.80. The van der Waals surface area contributed by atoms with Crippen LogP contribution in [0.15, 0.2) is 22.1 Å². The van der Waals surface area contributed by atoms with Crippen LogP contribution >= 0.6 is 27.3 Å². The van der Waals surface area contributed by atoms with Crippen LogP contribution in [0.3, 0.4) is 0 Å². The number of aliphatic hydroxyl groups is 1. The first-order chi connectivity index (χ1) is 8.68. The summed E-state index contributed by atoms with van der Waals surface area (Å²) in [5.41, 5.74) is -0.483. The Morgan fingerprint density at radius 3 is 3.06 bits per heavy atom. The van der Waals surface area contributed by atoms with Crippen molar-refractivity contribution in [1.29, 1.82) is 0 Å². The Balaban J connectivity index is 1.71. The second-order valence-electron chi connectivity index (χ2n) is 4.75. The highest BCUT2D eigenvalue weighted by atomic mass is 79.9. The van der Waals surface area contributed by atoms with Crippen LogP contribution in [0.25, 0.3) is 10.1 Å². The van der Waals surface area contributed by atoms with Gasteiger partial charge in [-0.15, -0.1) is 11.3 Å². The number of ether oxygens (including phenoxy) is 1. The maximum absolute atomic E-state index is 10.00. The molecule has 1 saturated carbocycles. The van der Waals surface area contributed by atoms with Crippen molar-refractivity contribution in [2.24, 2.45) is 0 Å². The lowest BCUT2D eigenvalue weighted by atomic mass is 9.78. The van der Waals surface area contributed by atoms with Gasteiger partial charge in [-0.25, -0.2) is 4.98 Å². The summed E-state index contributed by atoms with van der Waals surface area (Å²) in [6.07, 6.45) is 5.39. The van der Waals surface area contributed by atoms with Crippen LogP contribution in [0.2, 0.25) is 0 Å². The SMILES string of the molecule is OC1(CCOc2ncc(Br)c3sccc23)CCC1. The highest BCUT2D eigenvalue weighted by molar-refractivity contribution is 9.10. The van der Waals surface area contributed by atoms with Gasteiger partial charge in [-0.05, 0) is 46.6 Å². The molecule has 0 unspecified atom stereocenters. The van der Waals surface area contributed by atoms with Crippen molar-refractivity contribution in [1.82, 2.24) is 4.98 Å². The van der Waals surface area contributed by atoms with Crippen molar-refractivity contribution in [2.45, 2.75) is 31.3 Å². The van der Waals surface area contributed by atoms with Gasteiger partial charge in [0, 0.05) is 12.6 Å². The van der Waals surface area contributed by atoms with E-state index in [2.05, 4.69) is 20.9 Å². The predicted molar refractivity (Wildman–Crippen MR) is 76.2 cm³/mol. The van der Waals surface area contributed by atoms with E-state index in [0.717, 1.165) is 33.8 Å². The Bertz CT molecular complexity index is 565. The van der Waals surface area contributed by atoms with E-state index in [4.69, 9.17) is 4.74 Å². The Hall–Kier alpha value is -0.650. The smallest absolute Gasteiger partial charge is 0.222 e. The molecule has 3 rings (SSSR count). The lowest BCUT2D eigenvalue weighted by molar-refractivity contribution is -0.0484. The molecular weight excluding hydrogens is 314 g/mol. The molecule has 1 fully saturated rings. The molecule has 3 nitrogen and oxygen atoms in total. The van der Waals surface area contributed by atoms with E-state index in [1.165, 1.54) is 0 Å². The molecule has 1 N–H and O–H groups in total. The van der Waals surface area contributed by atoms with Crippen LogP contribution in [0.5, 0.6) is 5.88 Å². The van der Waals surface area contributed by atoms with Gasteiger partial charge in [0.05, 0.1) is 26.8 Å². The third-order valence-electron chi connectivity index (χ3n) is 3.50. The molecule has 18 heavy (non-hydrogen) atoms. The number of halogens is 1. The maximum atomic E-state index is 10.00. The highest BCUT2D eigenvalue weighted by Gasteiger charge is 2.33. The molecule has 0 spiro atoms. The molecule has 2 heterocycles. The molecule has 0 saturated heterocycles. The van der Waals surface area contributed by atoms with Crippen molar-refractivity contribution in [3.05, 3.63) is 22.1 Å². The lowest BCUT2D eigenvalue weighted by Gasteiger charge is -2.36. The molecule has 0 aliphatic heterocycles. The van der Waals surface area contributed by atoms with E-state index < -0.39 is 5.60 Å². The molecule has 0 radical (unpaired) electrons. The Morgan fingerprint density at radius 1 is 1.50 bits per heavy atom. The summed E-state index contributed by atoms with van der Waals surface area (Å²) >= 11 is 5.15. The van der Waals surface area contributed by atoms with E-state index in [0.29, 0.717) is 18.9 Å². The molecule has 0 amide bonds. The van der Waals surface area contributed by atoms with E-state index in [1.54, 1.807) is 17.5 Å². The second-order valence-corrected chi connectivity index (χ2v) is 6.52. The molecule has 0 atom stereocenters. The van der Waals surface area contributed by atoms with Crippen molar-refractivity contribution in [3.8, 4) is 5.88 Å². The summed E-state index contributed by atoms with van der Waals surface area (Å²) in [6, 6.07) is 2.02. The molecule has 2 aromatic rings. The number of rotatable bonds is 4. The van der Waals surface area contributed by atoms with Crippen molar-refractivity contribution >= 4 is 37.4 Å². The normalized spacial score (nSPS) is 17.7. The van der Waals surface area contributed by atoms with E-state index >= 15 is 0 Å². The van der Waals surface area contributed by atoms with E-state index in [1.807, 2.05) is 11.4 Å². The van der Waals surface area contributed by atoms with Gasteiger partial charge in [0.25, 0.3) is 0 Å². The zero-order valence-corrected chi connectivity index (χ0v) is 12.3. The Morgan fingerprint density at radius 2 is 2.33 bits per heavy atom. The summed E-state index contributed by atoms with van der Waals surface area (Å²) in [5.74, 6) is 0.664. The summed E-state index contributed by atoms with van der Waals surface area (Å²) in [6.45, 7) is 0.524. The first kappa shape index (κ1) is 12.4. The standard InChI is InChI=1S/C13H14BrNO2S/c14-10-8-15-12(9-2-7-18-11(9)10)17-6-5-13(16)3-1-4-13/h2,7-8,16H,1,3-6H2. The molecular formula is C13H14BrNO2S. The Labute approximate surface area is 118 Å². The maximum Gasteiger partial charge on any atom is 0.222 e. The molecule has 5 heteroatoms.